The molecule has 2 saturated carbocycles. The number of carbonyl (C=O) groups is 1. The molecule has 0 bridgehead atoms. The average molecular weight is 398 g/mol. The Labute approximate surface area is 179 Å². The van der Waals surface area contributed by atoms with Gasteiger partial charge in [0.05, 0.1) is 0 Å². The fourth-order valence-corrected chi connectivity index (χ4v) is 7.97. The Bertz CT molecular complexity index is 691. The van der Waals surface area contributed by atoms with Crippen molar-refractivity contribution in [2.75, 3.05) is 0 Å². The van der Waals surface area contributed by atoms with Crippen molar-refractivity contribution in [1.82, 2.24) is 5.32 Å². The second-order valence-electron chi connectivity index (χ2n) is 11.7. The summed E-state index contributed by atoms with van der Waals surface area (Å²) in [5, 5.41) is 3.53. The van der Waals surface area contributed by atoms with Gasteiger partial charge < -0.3 is 5.32 Å². The molecule has 0 aromatic rings. The van der Waals surface area contributed by atoms with Crippen molar-refractivity contribution < 1.29 is 4.79 Å². The van der Waals surface area contributed by atoms with Crippen molar-refractivity contribution in [1.29, 1.82) is 0 Å². The summed E-state index contributed by atoms with van der Waals surface area (Å²) in [4.78, 5) is 12.8. The van der Waals surface area contributed by atoms with Gasteiger partial charge in [0.15, 0.2) is 0 Å². The van der Waals surface area contributed by atoms with Gasteiger partial charge in [0.1, 0.15) is 0 Å². The van der Waals surface area contributed by atoms with Crippen molar-refractivity contribution >= 4 is 5.91 Å². The zero-order valence-corrected chi connectivity index (χ0v) is 19.5. The molecule has 1 N–H and O–H groups in total. The maximum absolute atomic E-state index is 12.8. The average Bonchev–Trinajstić information content (AvgIpc) is 2.95. The number of nitrogens with one attached hydrogen (secondary N) is 1. The van der Waals surface area contributed by atoms with Crippen molar-refractivity contribution in [3.8, 4) is 0 Å². The minimum absolute atomic E-state index is 0.156. The van der Waals surface area contributed by atoms with Crippen molar-refractivity contribution in [2.45, 2.75) is 98.4 Å². The molecule has 7 atom stereocenters. The van der Waals surface area contributed by atoms with E-state index in [4.69, 9.17) is 0 Å². The fraction of sp³-hybridized carbons (Fsp3) is 0.815. The normalized spacial score (nSPS) is 42.4. The maximum Gasteiger partial charge on any atom is 0.244 e. The van der Waals surface area contributed by atoms with E-state index in [-0.39, 0.29) is 11.3 Å². The van der Waals surface area contributed by atoms with Crippen LogP contribution in [-0.4, -0.2) is 11.9 Å². The Morgan fingerprint density at radius 2 is 1.86 bits per heavy atom. The first kappa shape index (κ1) is 21.2. The van der Waals surface area contributed by atoms with Gasteiger partial charge in [-0.05, 0) is 84.5 Å². The maximum atomic E-state index is 12.8. The first-order valence-corrected chi connectivity index (χ1v) is 12.4. The van der Waals surface area contributed by atoms with Gasteiger partial charge in [0.25, 0.3) is 0 Å². The molecule has 0 unspecified atom stereocenters. The topological polar surface area (TPSA) is 29.1 Å². The summed E-state index contributed by atoms with van der Waals surface area (Å²) in [5.74, 6) is 3.85. The Hall–Kier alpha value is -1.05. The van der Waals surface area contributed by atoms with Crippen LogP contribution < -0.4 is 5.32 Å². The molecule has 4 aliphatic rings. The first-order valence-electron chi connectivity index (χ1n) is 12.4. The number of allylic oxidation sites excluding steroid dienone is 3. The van der Waals surface area contributed by atoms with E-state index in [1.54, 1.807) is 0 Å². The molecule has 2 fully saturated rings. The van der Waals surface area contributed by atoms with Crippen molar-refractivity contribution in [2.24, 2.45) is 40.4 Å². The van der Waals surface area contributed by atoms with Gasteiger partial charge >= 0.3 is 0 Å². The number of fused-ring (bicyclic) bond motifs is 5. The lowest BCUT2D eigenvalue weighted by Crippen LogP contribution is -2.56. The van der Waals surface area contributed by atoms with Gasteiger partial charge in [-0.2, -0.15) is 0 Å². The lowest BCUT2D eigenvalue weighted by molar-refractivity contribution is -0.119. The third kappa shape index (κ3) is 3.63. The molecule has 29 heavy (non-hydrogen) atoms. The smallest absolute Gasteiger partial charge is 0.244 e. The molecule has 162 valence electrons. The third-order valence-corrected chi connectivity index (χ3v) is 9.67. The molecule has 0 radical (unpaired) electrons. The summed E-state index contributed by atoms with van der Waals surface area (Å²) in [6.07, 6.45) is 18.2. The standard InChI is InChI=1S/C27H43NO/c1-18(2)9-8-10-19(3)21-12-13-22-25-23(14-16-27(21,22)5)26(4)15-7-6-11-20(26)17-24(29)28-25/h6,11,17-19,21-23,25H,7-10,12-16H2,1-5H3,(H,28,29)/t19-,21-,22+,23+,25+,26+,27-/m1/s1. The lowest BCUT2D eigenvalue weighted by atomic mass is 9.52. The second-order valence-corrected chi connectivity index (χ2v) is 11.7. The number of amides is 1. The summed E-state index contributed by atoms with van der Waals surface area (Å²) in [5.41, 5.74) is 1.85. The van der Waals surface area contributed by atoms with Crippen LogP contribution in [0.4, 0.5) is 0 Å². The molecule has 0 aromatic carbocycles. The SMILES string of the molecule is CC(C)CCC[C@@H](C)[C@H]1CC[C@H]2[C@@H]3NC(=O)C=C4C=CCC[C@]4(C)[C@H]3CC[C@]12C. The Morgan fingerprint density at radius 1 is 1.07 bits per heavy atom. The van der Waals surface area contributed by atoms with Gasteiger partial charge in [0, 0.05) is 12.1 Å². The Morgan fingerprint density at radius 3 is 2.62 bits per heavy atom. The zero-order chi connectivity index (χ0) is 20.8. The monoisotopic (exact) mass is 397 g/mol. The van der Waals surface area contributed by atoms with Crippen LogP contribution in [0.5, 0.6) is 0 Å². The molecule has 4 rings (SSSR count). The van der Waals surface area contributed by atoms with Crippen LogP contribution in [0.15, 0.2) is 23.8 Å². The first-order chi connectivity index (χ1) is 13.8. The van der Waals surface area contributed by atoms with Crippen LogP contribution in [0.2, 0.25) is 0 Å². The van der Waals surface area contributed by atoms with E-state index in [1.807, 2.05) is 6.08 Å². The Kier molecular flexibility index (Phi) is 5.77. The lowest BCUT2D eigenvalue weighted by Gasteiger charge is -2.54. The van der Waals surface area contributed by atoms with Crippen LogP contribution in [0.3, 0.4) is 0 Å². The fourth-order valence-electron chi connectivity index (χ4n) is 7.97. The van der Waals surface area contributed by atoms with Gasteiger partial charge in [-0.15, -0.1) is 0 Å². The highest BCUT2D eigenvalue weighted by atomic mass is 16.1. The van der Waals surface area contributed by atoms with Crippen LogP contribution >= 0.6 is 0 Å². The molecule has 1 amide bonds. The summed E-state index contributed by atoms with van der Waals surface area (Å²) in [7, 11) is 0. The van der Waals surface area contributed by atoms with Crippen LogP contribution in [0, 0.1) is 40.4 Å². The highest BCUT2D eigenvalue weighted by molar-refractivity contribution is 5.89. The molecular formula is C27H43NO. The number of hydrogen-bond donors (Lipinski definition) is 1. The highest BCUT2D eigenvalue weighted by Crippen LogP contribution is 2.63. The molecule has 2 heteroatoms. The van der Waals surface area contributed by atoms with E-state index < -0.39 is 0 Å². The number of carbonyl (C=O) groups excluding carboxylic acids is 1. The molecule has 3 aliphatic carbocycles. The summed E-state index contributed by atoms with van der Waals surface area (Å²) in [6.45, 7) is 12.2. The van der Waals surface area contributed by atoms with Gasteiger partial charge in [0.2, 0.25) is 5.91 Å². The van der Waals surface area contributed by atoms with E-state index in [0.29, 0.717) is 23.3 Å². The molecular weight excluding hydrogens is 354 g/mol. The second kappa shape index (κ2) is 7.89. The van der Waals surface area contributed by atoms with Gasteiger partial charge in [-0.25, -0.2) is 0 Å². The van der Waals surface area contributed by atoms with Crippen molar-refractivity contribution in [3.63, 3.8) is 0 Å². The van der Waals surface area contributed by atoms with Gasteiger partial charge in [-0.3, -0.25) is 4.79 Å². The highest BCUT2D eigenvalue weighted by Gasteiger charge is 2.58. The zero-order valence-electron chi connectivity index (χ0n) is 19.5. The minimum Gasteiger partial charge on any atom is -0.349 e. The Balaban J connectivity index is 1.55. The van der Waals surface area contributed by atoms with E-state index in [0.717, 1.165) is 24.2 Å². The van der Waals surface area contributed by atoms with Crippen LogP contribution in [0.1, 0.15) is 92.4 Å². The van der Waals surface area contributed by atoms with Crippen LogP contribution in [0.25, 0.3) is 0 Å². The summed E-state index contributed by atoms with van der Waals surface area (Å²) < 4.78 is 0. The number of rotatable bonds is 5. The quantitative estimate of drug-likeness (QED) is 0.551. The molecule has 2 nitrogen and oxygen atoms in total. The van der Waals surface area contributed by atoms with E-state index in [9.17, 15) is 4.79 Å². The van der Waals surface area contributed by atoms with Gasteiger partial charge in [-0.1, -0.05) is 66.0 Å². The van der Waals surface area contributed by atoms with Crippen molar-refractivity contribution in [3.05, 3.63) is 23.8 Å². The molecule has 1 heterocycles. The third-order valence-electron chi connectivity index (χ3n) is 9.67. The van der Waals surface area contributed by atoms with E-state index in [2.05, 4.69) is 52.1 Å². The molecule has 0 saturated heterocycles. The molecule has 0 spiro atoms. The minimum atomic E-state index is 0.156. The molecule has 0 aromatic heterocycles. The summed E-state index contributed by atoms with van der Waals surface area (Å²) in [6, 6.07) is 0.361. The predicted molar refractivity (Wildman–Crippen MR) is 121 cm³/mol. The summed E-state index contributed by atoms with van der Waals surface area (Å²) >= 11 is 0. The van der Waals surface area contributed by atoms with E-state index >= 15 is 0 Å². The van der Waals surface area contributed by atoms with Crippen LogP contribution in [-0.2, 0) is 4.79 Å². The predicted octanol–water partition coefficient (Wildman–Crippen LogP) is 6.67. The molecule has 1 aliphatic heterocycles. The largest absolute Gasteiger partial charge is 0.349 e. The van der Waals surface area contributed by atoms with E-state index in [1.165, 1.54) is 56.9 Å². The number of hydrogen-bond acceptors (Lipinski definition) is 1.